The molecule has 1 aliphatic heterocycles. The third-order valence-electron chi connectivity index (χ3n) is 2.71. The summed E-state index contributed by atoms with van der Waals surface area (Å²) >= 11 is 0. The molecule has 0 amide bonds. The topological polar surface area (TPSA) is 24.4 Å². The van der Waals surface area contributed by atoms with Gasteiger partial charge in [-0.05, 0) is 19.8 Å². The van der Waals surface area contributed by atoms with E-state index in [-0.39, 0.29) is 0 Å². The molecule has 1 fully saturated rings. The molecule has 2 aliphatic rings. The van der Waals surface area contributed by atoms with Gasteiger partial charge in [0.15, 0.2) is 0 Å². The Morgan fingerprint density at radius 2 is 2.20 bits per heavy atom. The Bertz CT molecular complexity index is 163. The molecule has 0 bridgehead atoms. The van der Waals surface area contributed by atoms with Crippen LogP contribution in [-0.2, 0) is 0 Å². The number of nitrogens with zero attached hydrogens (tertiary/aromatic N) is 1. The summed E-state index contributed by atoms with van der Waals surface area (Å²) in [6.45, 7) is 2.14. The van der Waals surface area contributed by atoms with Gasteiger partial charge in [0.1, 0.15) is 0 Å². The summed E-state index contributed by atoms with van der Waals surface area (Å²) in [5, 5.41) is 4.25. The minimum absolute atomic E-state index is 0.689. The summed E-state index contributed by atoms with van der Waals surface area (Å²) in [6.07, 6.45) is 5.46. The number of fused-ring (bicyclic) bond motifs is 1. The molecule has 0 aromatic heterocycles. The maximum absolute atomic E-state index is 4.25. The van der Waals surface area contributed by atoms with Crippen molar-refractivity contribution >= 4 is 5.71 Å². The van der Waals surface area contributed by atoms with Crippen LogP contribution >= 0.6 is 0 Å². The lowest BCUT2D eigenvalue weighted by atomic mass is 9.83. The highest BCUT2D eigenvalue weighted by atomic mass is 15.3. The van der Waals surface area contributed by atoms with Crippen LogP contribution in [0, 0.1) is 5.92 Å². The zero-order chi connectivity index (χ0) is 6.97. The molecule has 1 N–H and O–H groups in total. The Kier molecular flexibility index (Phi) is 1.40. The molecule has 1 saturated carbocycles. The van der Waals surface area contributed by atoms with Gasteiger partial charge in [0, 0.05) is 11.6 Å². The van der Waals surface area contributed by atoms with Crippen molar-refractivity contribution in [2.24, 2.45) is 11.0 Å². The first-order chi connectivity index (χ1) is 4.88. The average molecular weight is 138 g/mol. The van der Waals surface area contributed by atoms with Crippen LogP contribution in [0.3, 0.4) is 0 Å². The largest absolute Gasteiger partial charge is 0.306 e. The van der Waals surface area contributed by atoms with Gasteiger partial charge in [-0.3, -0.25) is 0 Å². The molecule has 0 radical (unpaired) electrons. The first-order valence-electron chi connectivity index (χ1n) is 4.17. The van der Waals surface area contributed by atoms with Gasteiger partial charge < -0.3 is 5.43 Å². The summed E-state index contributed by atoms with van der Waals surface area (Å²) in [4.78, 5) is 0. The molecule has 1 aliphatic carbocycles. The molecule has 0 aromatic rings. The fourth-order valence-electron chi connectivity index (χ4n) is 2.05. The summed E-state index contributed by atoms with van der Waals surface area (Å²) < 4.78 is 0. The Morgan fingerprint density at radius 3 is 3.00 bits per heavy atom. The van der Waals surface area contributed by atoms with Crippen LogP contribution in [-0.4, -0.2) is 11.8 Å². The zero-order valence-corrected chi connectivity index (χ0v) is 6.43. The van der Waals surface area contributed by atoms with Gasteiger partial charge in [-0.1, -0.05) is 12.8 Å². The number of nitrogens with one attached hydrogen (secondary N) is 1. The lowest BCUT2D eigenvalue weighted by molar-refractivity contribution is 0.353. The minimum atomic E-state index is 0.689. The highest BCUT2D eigenvalue weighted by molar-refractivity contribution is 5.86. The van der Waals surface area contributed by atoms with E-state index in [1.807, 2.05) is 0 Å². The van der Waals surface area contributed by atoms with Crippen molar-refractivity contribution in [2.45, 2.75) is 38.6 Å². The zero-order valence-electron chi connectivity index (χ0n) is 6.43. The minimum Gasteiger partial charge on any atom is -0.306 e. The van der Waals surface area contributed by atoms with E-state index < -0.39 is 0 Å². The van der Waals surface area contributed by atoms with Crippen molar-refractivity contribution in [3.8, 4) is 0 Å². The highest BCUT2D eigenvalue weighted by Crippen LogP contribution is 2.28. The fraction of sp³-hybridized carbons (Fsp3) is 0.875. The van der Waals surface area contributed by atoms with Gasteiger partial charge in [-0.25, -0.2) is 0 Å². The third-order valence-corrected chi connectivity index (χ3v) is 2.71. The Morgan fingerprint density at radius 1 is 1.40 bits per heavy atom. The second kappa shape index (κ2) is 2.26. The fourth-order valence-corrected chi connectivity index (χ4v) is 2.05. The maximum Gasteiger partial charge on any atom is 0.0521 e. The first kappa shape index (κ1) is 6.20. The van der Waals surface area contributed by atoms with Crippen LogP contribution in [0.1, 0.15) is 32.6 Å². The molecular weight excluding hydrogens is 124 g/mol. The number of hydrogen-bond donors (Lipinski definition) is 1. The van der Waals surface area contributed by atoms with Crippen molar-refractivity contribution in [3.63, 3.8) is 0 Å². The van der Waals surface area contributed by atoms with Crippen molar-refractivity contribution in [1.82, 2.24) is 5.43 Å². The molecule has 2 heteroatoms. The van der Waals surface area contributed by atoms with E-state index in [4.69, 9.17) is 0 Å². The molecule has 1 heterocycles. The second-order valence-corrected chi connectivity index (χ2v) is 3.38. The van der Waals surface area contributed by atoms with Gasteiger partial charge in [0.25, 0.3) is 0 Å². The van der Waals surface area contributed by atoms with Crippen molar-refractivity contribution in [2.75, 3.05) is 0 Å². The van der Waals surface area contributed by atoms with E-state index in [1.54, 1.807) is 0 Å². The van der Waals surface area contributed by atoms with Gasteiger partial charge in [0.2, 0.25) is 0 Å². The molecule has 10 heavy (non-hydrogen) atoms. The monoisotopic (exact) mass is 138 g/mol. The molecule has 2 unspecified atom stereocenters. The lowest BCUT2D eigenvalue weighted by Gasteiger charge is -2.24. The quantitative estimate of drug-likeness (QED) is 0.539. The summed E-state index contributed by atoms with van der Waals surface area (Å²) in [6, 6.07) is 0.689. The Labute approximate surface area is 61.7 Å². The average Bonchev–Trinajstić information content (AvgIpc) is 2.34. The van der Waals surface area contributed by atoms with Crippen LogP contribution in [0.5, 0.6) is 0 Å². The molecular formula is C8H14N2. The predicted molar refractivity (Wildman–Crippen MR) is 42.0 cm³/mol. The van der Waals surface area contributed by atoms with E-state index in [2.05, 4.69) is 17.5 Å². The first-order valence-corrected chi connectivity index (χ1v) is 4.17. The van der Waals surface area contributed by atoms with Crippen LogP contribution in [0.4, 0.5) is 0 Å². The third kappa shape index (κ3) is 0.825. The highest BCUT2D eigenvalue weighted by Gasteiger charge is 2.30. The van der Waals surface area contributed by atoms with Gasteiger partial charge in [-0.15, -0.1) is 0 Å². The normalized spacial score (nSPS) is 38.3. The van der Waals surface area contributed by atoms with Crippen molar-refractivity contribution in [1.29, 1.82) is 0 Å². The molecule has 56 valence electrons. The number of hydrogen-bond acceptors (Lipinski definition) is 2. The summed E-state index contributed by atoms with van der Waals surface area (Å²) in [5.74, 6) is 0.772. The molecule has 2 nitrogen and oxygen atoms in total. The van der Waals surface area contributed by atoms with Crippen molar-refractivity contribution in [3.05, 3.63) is 0 Å². The van der Waals surface area contributed by atoms with E-state index in [9.17, 15) is 0 Å². The van der Waals surface area contributed by atoms with Crippen LogP contribution in [0.25, 0.3) is 0 Å². The van der Waals surface area contributed by atoms with E-state index in [1.165, 1.54) is 31.4 Å². The standard InChI is InChI=1S/C8H14N2/c1-6-7-4-2-3-5-8(7)10-9-6/h7-8,10H,2-5H2,1H3. The molecule has 2 atom stereocenters. The predicted octanol–water partition coefficient (Wildman–Crippen LogP) is 1.52. The maximum atomic E-state index is 4.25. The van der Waals surface area contributed by atoms with Gasteiger partial charge >= 0.3 is 0 Å². The van der Waals surface area contributed by atoms with E-state index in [0.29, 0.717) is 6.04 Å². The smallest absolute Gasteiger partial charge is 0.0521 e. The SMILES string of the molecule is CC1=NNC2CCCCC12. The number of rotatable bonds is 0. The molecule has 2 rings (SSSR count). The van der Waals surface area contributed by atoms with E-state index >= 15 is 0 Å². The molecule has 0 saturated heterocycles. The lowest BCUT2D eigenvalue weighted by Crippen LogP contribution is -2.31. The Hall–Kier alpha value is -0.530. The Balaban J connectivity index is 2.08. The van der Waals surface area contributed by atoms with Gasteiger partial charge in [-0.2, -0.15) is 5.10 Å². The number of hydrazone groups is 1. The summed E-state index contributed by atoms with van der Waals surface area (Å²) in [7, 11) is 0. The van der Waals surface area contributed by atoms with Crippen LogP contribution < -0.4 is 5.43 Å². The molecule has 0 aromatic carbocycles. The van der Waals surface area contributed by atoms with Crippen LogP contribution in [0.15, 0.2) is 5.10 Å². The van der Waals surface area contributed by atoms with Gasteiger partial charge in [0.05, 0.1) is 6.04 Å². The van der Waals surface area contributed by atoms with Crippen molar-refractivity contribution < 1.29 is 0 Å². The van der Waals surface area contributed by atoms with Crippen LogP contribution in [0.2, 0.25) is 0 Å². The summed E-state index contributed by atoms with van der Waals surface area (Å²) in [5.41, 5.74) is 4.52. The second-order valence-electron chi connectivity index (χ2n) is 3.38. The molecule has 0 spiro atoms. The van der Waals surface area contributed by atoms with E-state index in [0.717, 1.165) is 5.92 Å².